The van der Waals surface area contributed by atoms with Gasteiger partial charge in [-0.2, -0.15) is 0 Å². The summed E-state index contributed by atoms with van der Waals surface area (Å²) in [4.78, 5) is 24.3. The normalized spacial score (nSPS) is 11.2. The van der Waals surface area contributed by atoms with Crippen LogP contribution in [0.2, 0.25) is 0 Å². The number of nitrogens with one attached hydrogen (secondary N) is 2. The largest absolute Gasteiger partial charge is 0.412 e. The molecule has 0 aromatic heterocycles. The van der Waals surface area contributed by atoms with E-state index in [0.717, 1.165) is 25.7 Å². The van der Waals surface area contributed by atoms with Gasteiger partial charge in [0.2, 0.25) is 9.84 Å². The molecule has 9 heteroatoms. The van der Waals surface area contributed by atoms with Crippen molar-refractivity contribution in [2.24, 2.45) is 0 Å². The Kier molecular flexibility index (Phi) is 18.1. The quantitative estimate of drug-likeness (QED) is 0.128. The van der Waals surface area contributed by atoms with Gasteiger partial charge in [0, 0.05) is 13.1 Å². The molecule has 0 unspecified atom stereocenters. The van der Waals surface area contributed by atoms with Crippen LogP contribution in [0, 0.1) is 0 Å². The highest BCUT2D eigenvalue weighted by atomic mass is 32.2. The highest BCUT2D eigenvalue weighted by Crippen LogP contribution is 2.25. The number of amides is 2. The maximum absolute atomic E-state index is 13.1. The van der Waals surface area contributed by atoms with E-state index in [1.807, 2.05) is 0 Å². The van der Waals surface area contributed by atoms with Crippen LogP contribution in [0.3, 0.4) is 0 Å². The maximum atomic E-state index is 13.1. The SMILES string of the molecule is CCCCCCCCCCNC(=O)Oc1ccc(S(=O)(=O)c2ccc(OC(=O)NCCCCCCCCCC)cc2)cc1. The topological polar surface area (TPSA) is 111 Å². The number of ether oxygens (including phenoxy) is 2. The summed E-state index contributed by atoms with van der Waals surface area (Å²) in [5, 5.41) is 5.48. The average molecular weight is 617 g/mol. The third-order valence-corrected chi connectivity index (χ3v) is 9.07. The Balaban J connectivity index is 1.70. The van der Waals surface area contributed by atoms with E-state index in [1.165, 1.54) is 126 Å². The second-order valence-electron chi connectivity index (χ2n) is 11.0. The molecule has 2 N–H and O–H groups in total. The molecule has 2 aromatic rings. The molecule has 0 aliphatic rings. The Hall–Kier alpha value is -3.07. The molecule has 0 bridgehead atoms. The van der Waals surface area contributed by atoms with E-state index in [0.29, 0.717) is 13.1 Å². The van der Waals surface area contributed by atoms with Crippen molar-refractivity contribution in [3.05, 3.63) is 48.5 Å². The van der Waals surface area contributed by atoms with Crippen molar-refractivity contribution in [3.8, 4) is 11.5 Å². The number of carbonyl (C=O) groups is 2. The molecule has 0 saturated carbocycles. The van der Waals surface area contributed by atoms with Gasteiger partial charge >= 0.3 is 12.2 Å². The van der Waals surface area contributed by atoms with Crippen LogP contribution in [0.4, 0.5) is 9.59 Å². The molecule has 0 saturated heterocycles. The molecule has 2 aromatic carbocycles. The zero-order chi connectivity index (χ0) is 31.2. The van der Waals surface area contributed by atoms with Crippen LogP contribution in [0.5, 0.6) is 11.5 Å². The minimum Gasteiger partial charge on any atom is -0.410 e. The molecule has 8 nitrogen and oxygen atoms in total. The number of rotatable bonds is 22. The Morgan fingerprint density at radius 2 is 0.814 bits per heavy atom. The van der Waals surface area contributed by atoms with Crippen LogP contribution in [-0.2, 0) is 9.84 Å². The Morgan fingerprint density at radius 1 is 0.512 bits per heavy atom. The van der Waals surface area contributed by atoms with E-state index in [2.05, 4.69) is 24.5 Å². The first kappa shape index (κ1) is 36.1. The number of hydrogen-bond donors (Lipinski definition) is 2. The smallest absolute Gasteiger partial charge is 0.410 e. The van der Waals surface area contributed by atoms with Gasteiger partial charge in [0.05, 0.1) is 9.79 Å². The molecule has 0 radical (unpaired) electrons. The molecular weight excluding hydrogens is 564 g/mol. The van der Waals surface area contributed by atoms with Crippen molar-refractivity contribution < 1.29 is 27.5 Å². The Bertz CT molecular complexity index is 1060. The number of hydrogen-bond acceptors (Lipinski definition) is 6. The fraction of sp³-hybridized carbons (Fsp3) is 0.588. The number of carbonyl (C=O) groups excluding carboxylic acids is 2. The third-order valence-electron chi connectivity index (χ3n) is 7.29. The van der Waals surface area contributed by atoms with Gasteiger partial charge in [-0.3, -0.25) is 0 Å². The van der Waals surface area contributed by atoms with Crippen LogP contribution in [0.25, 0.3) is 0 Å². The molecule has 0 fully saturated rings. The van der Waals surface area contributed by atoms with Crippen molar-refractivity contribution in [1.82, 2.24) is 10.6 Å². The van der Waals surface area contributed by atoms with Crippen LogP contribution >= 0.6 is 0 Å². The van der Waals surface area contributed by atoms with Gasteiger partial charge in [0.25, 0.3) is 0 Å². The standard InChI is InChI=1S/C34H52N2O6S/c1-3-5-7-9-11-13-15-17-27-35-33(37)41-29-19-23-31(24-20-29)43(39,40)32-25-21-30(22-26-32)42-34(38)36-28-18-16-14-12-10-8-6-4-2/h19-26H,3-18,27-28H2,1-2H3,(H,35,37)(H,36,38). The van der Waals surface area contributed by atoms with E-state index in [-0.39, 0.29) is 21.3 Å². The summed E-state index contributed by atoms with van der Waals surface area (Å²) in [5.41, 5.74) is 0. The Morgan fingerprint density at radius 3 is 1.14 bits per heavy atom. The van der Waals surface area contributed by atoms with Crippen LogP contribution in [-0.4, -0.2) is 33.7 Å². The van der Waals surface area contributed by atoms with Crippen molar-refractivity contribution in [3.63, 3.8) is 0 Å². The molecule has 0 aliphatic carbocycles. The summed E-state index contributed by atoms with van der Waals surface area (Å²) in [6.45, 7) is 5.50. The second kappa shape index (κ2) is 21.6. The zero-order valence-corrected chi connectivity index (χ0v) is 27.0. The van der Waals surface area contributed by atoms with E-state index in [1.54, 1.807) is 0 Å². The van der Waals surface area contributed by atoms with Gasteiger partial charge in [0.15, 0.2) is 0 Å². The number of unbranched alkanes of at least 4 members (excludes halogenated alkanes) is 14. The van der Waals surface area contributed by atoms with Gasteiger partial charge in [0.1, 0.15) is 11.5 Å². The van der Waals surface area contributed by atoms with Crippen molar-refractivity contribution in [2.45, 2.75) is 126 Å². The van der Waals surface area contributed by atoms with Gasteiger partial charge in [-0.05, 0) is 61.4 Å². The minimum atomic E-state index is -3.80. The second-order valence-corrected chi connectivity index (χ2v) is 13.0. The summed E-state index contributed by atoms with van der Waals surface area (Å²) >= 11 is 0. The Labute approximate surface area is 259 Å². The summed E-state index contributed by atoms with van der Waals surface area (Å²) < 4.78 is 36.7. The predicted molar refractivity (Wildman–Crippen MR) is 172 cm³/mol. The predicted octanol–water partition coefficient (Wildman–Crippen LogP) is 8.98. The third kappa shape index (κ3) is 15.3. The lowest BCUT2D eigenvalue weighted by atomic mass is 10.1. The van der Waals surface area contributed by atoms with E-state index < -0.39 is 22.0 Å². The van der Waals surface area contributed by atoms with Crippen LogP contribution < -0.4 is 20.1 Å². The molecule has 240 valence electrons. The molecule has 0 aliphatic heterocycles. The summed E-state index contributed by atoms with van der Waals surface area (Å²) in [6, 6.07) is 11.4. The summed E-state index contributed by atoms with van der Waals surface area (Å²) in [7, 11) is -3.80. The van der Waals surface area contributed by atoms with Crippen molar-refractivity contribution >= 4 is 22.0 Å². The first-order valence-electron chi connectivity index (χ1n) is 16.2. The molecule has 2 rings (SSSR count). The first-order valence-corrected chi connectivity index (χ1v) is 17.7. The number of benzene rings is 2. The highest BCUT2D eigenvalue weighted by molar-refractivity contribution is 7.91. The minimum absolute atomic E-state index is 0.0657. The molecule has 2 amide bonds. The summed E-state index contributed by atoms with van der Waals surface area (Å²) in [5.74, 6) is 0.517. The van der Waals surface area contributed by atoms with Gasteiger partial charge in [-0.15, -0.1) is 0 Å². The van der Waals surface area contributed by atoms with Crippen LogP contribution in [0.1, 0.15) is 117 Å². The fourth-order valence-electron chi connectivity index (χ4n) is 4.69. The fourth-order valence-corrected chi connectivity index (χ4v) is 5.96. The van der Waals surface area contributed by atoms with Gasteiger partial charge in [-0.25, -0.2) is 18.0 Å². The molecular formula is C34H52N2O6S. The molecule has 0 heterocycles. The van der Waals surface area contributed by atoms with E-state index in [9.17, 15) is 18.0 Å². The van der Waals surface area contributed by atoms with Crippen molar-refractivity contribution in [1.29, 1.82) is 0 Å². The molecule has 43 heavy (non-hydrogen) atoms. The monoisotopic (exact) mass is 616 g/mol. The van der Waals surface area contributed by atoms with E-state index in [4.69, 9.17) is 9.47 Å². The van der Waals surface area contributed by atoms with E-state index >= 15 is 0 Å². The van der Waals surface area contributed by atoms with Crippen molar-refractivity contribution in [2.75, 3.05) is 13.1 Å². The van der Waals surface area contributed by atoms with Gasteiger partial charge < -0.3 is 20.1 Å². The lowest BCUT2D eigenvalue weighted by Crippen LogP contribution is -2.27. The first-order chi connectivity index (χ1) is 20.9. The molecule has 0 atom stereocenters. The average Bonchev–Trinajstić information content (AvgIpc) is 3.00. The maximum Gasteiger partial charge on any atom is 0.412 e. The van der Waals surface area contributed by atoms with Crippen LogP contribution in [0.15, 0.2) is 58.3 Å². The van der Waals surface area contributed by atoms with Gasteiger partial charge in [-0.1, -0.05) is 104 Å². The summed E-state index contributed by atoms with van der Waals surface area (Å²) in [6.07, 6.45) is 17.8. The number of sulfone groups is 1. The molecule has 0 spiro atoms. The highest BCUT2D eigenvalue weighted by Gasteiger charge is 2.18. The lowest BCUT2D eigenvalue weighted by Gasteiger charge is -2.09. The zero-order valence-electron chi connectivity index (χ0n) is 26.2. The lowest BCUT2D eigenvalue weighted by molar-refractivity contribution is 0.199.